The second kappa shape index (κ2) is 5.60. The number of benzene rings is 1. The Hall–Kier alpha value is -1.94. The van der Waals surface area contributed by atoms with Crippen molar-refractivity contribution in [2.45, 2.75) is 0 Å². The summed E-state index contributed by atoms with van der Waals surface area (Å²) in [7, 11) is 4.01. The monoisotopic (exact) mass is 244 g/mol. The van der Waals surface area contributed by atoms with Crippen LogP contribution in [0.3, 0.4) is 0 Å². The number of aliphatic imine (C=N–C) groups is 1. The summed E-state index contributed by atoms with van der Waals surface area (Å²) in [6.45, 7) is 1.62. The zero-order chi connectivity index (χ0) is 13.0. The molecule has 0 radical (unpaired) electrons. The Labute approximate surface area is 106 Å². The fraction of sp³-hybridized carbons (Fsp3) is 0.286. The average molecular weight is 244 g/mol. The Balaban J connectivity index is 2.27. The van der Waals surface area contributed by atoms with E-state index in [1.807, 2.05) is 32.3 Å². The molecular formula is C14H16N2O2. The zero-order valence-electron chi connectivity index (χ0n) is 10.6. The summed E-state index contributed by atoms with van der Waals surface area (Å²) < 4.78 is 5.21. The molecule has 1 aromatic carbocycles. The summed E-state index contributed by atoms with van der Waals surface area (Å²) in [5.74, 6) is 0. The lowest BCUT2D eigenvalue weighted by molar-refractivity contribution is 0.421. The first kappa shape index (κ1) is 12.5. The van der Waals surface area contributed by atoms with Gasteiger partial charge in [0.15, 0.2) is 0 Å². The highest BCUT2D eigenvalue weighted by molar-refractivity contribution is 5.96. The van der Waals surface area contributed by atoms with Gasteiger partial charge in [-0.15, -0.1) is 0 Å². The van der Waals surface area contributed by atoms with Crippen LogP contribution in [0.4, 0.5) is 0 Å². The third kappa shape index (κ3) is 3.05. The van der Waals surface area contributed by atoms with E-state index in [1.165, 1.54) is 6.07 Å². The van der Waals surface area contributed by atoms with E-state index in [0.717, 1.165) is 24.0 Å². The largest absolute Gasteiger partial charge is 0.422 e. The van der Waals surface area contributed by atoms with Gasteiger partial charge in [0.25, 0.3) is 0 Å². The summed E-state index contributed by atoms with van der Waals surface area (Å²) in [4.78, 5) is 17.6. The van der Waals surface area contributed by atoms with E-state index < -0.39 is 0 Å². The average Bonchev–Trinajstić information content (AvgIpc) is 2.34. The molecule has 0 fully saturated rings. The second-order valence-corrected chi connectivity index (χ2v) is 4.36. The van der Waals surface area contributed by atoms with Crippen molar-refractivity contribution in [1.29, 1.82) is 0 Å². The molecule has 0 saturated heterocycles. The molecule has 0 unspecified atom stereocenters. The van der Waals surface area contributed by atoms with Gasteiger partial charge in [0.05, 0.1) is 6.54 Å². The van der Waals surface area contributed by atoms with Gasteiger partial charge in [0.2, 0.25) is 0 Å². The van der Waals surface area contributed by atoms with Crippen molar-refractivity contribution in [1.82, 2.24) is 4.90 Å². The molecule has 94 valence electrons. The molecule has 2 rings (SSSR count). The molecule has 18 heavy (non-hydrogen) atoms. The quantitative estimate of drug-likeness (QED) is 0.608. The lowest BCUT2D eigenvalue weighted by atomic mass is 10.1. The Morgan fingerprint density at radius 2 is 2.11 bits per heavy atom. The topological polar surface area (TPSA) is 45.8 Å². The molecule has 0 aliphatic heterocycles. The van der Waals surface area contributed by atoms with Crippen LogP contribution >= 0.6 is 0 Å². The lowest BCUT2D eigenvalue weighted by Gasteiger charge is -2.05. The van der Waals surface area contributed by atoms with Crippen molar-refractivity contribution >= 4 is 17.2 Å². The molecule has 0 bridgehead atoms. The van der Waals surface area contributed by atoms with Gasteiger partial charge in [-0.05, 0) is 26.2 Å². The number of nitrogens with zero attached hydrogens (tertiary/aromatic N) is 2. The highest BCUT2D eigenvalue weighted by Crippen LogP contribution is 2.15. The Morgan fingerprint density at radius 3 is 2.89 bits per heavy atom. The van der Waals surface area contributed by atoms with Crippen LogP contribution in [0.25, 0.3) is 11.0 Å². The van der Waals surface area contributed by atoms with Gasteiger partial charge in [-0.1, -0.05) is 12.1 Å². The van der Waals surface area contributed by atoms with Gasteiger partial charge >= 0.3 is 5.63 Å². The van der Waals surface area contributed by atoms with E-state index in [0.29, 0.717) is 5.58 Å². The standard InChI is InChI=1S/C14H16N2O2/c1-16(2)9-8-15-10-12-5-3-4-11-6-7-13(17)18-14(11)12/h3-7,10H,8-9H2,1-2H3/b15-10+. The van der Waals surface area contributed by atoms with Crippen LogP contribution in [-0.4, -0.2) is 38.3 Å². The number of hydrogen-bond acceptors (Lipinski definition) is 4. The molecule has 0 amide bonds. The minimum absolute atomic E-state index is 0.336. The molecule has 4 heteroatoms. The molecule has 0 aliphatic carbocycles. The fourth-order valence-electron chi connectivity index (χ4n) is 1.64. The first-order valence-electron chi connectivity index (χ1n) is 5.84. The number of likely N-dealkylation sites (N-methyl/N-ethyl adjacent to an activating group) is 1. The lowest BCUT2D eigenvalue weighted by Crippen LogP contribution is -2.15. The number of fused-ring (bicyclic) bond motifs is 1. The predicted octanol–water partition coefficient (Wildman–Crippen LogP) is 1.77. The minimum Gasteiger partial charge on any atom is -0.422 e. The first-order chi connectivity index (χ1) is 8.66. The molecule has 1 aromatic heterocycles. The van der Waals surface area contributed by atoms with Crippen LogP contribution in [0.5, 0.6) is 0 Å². The number of hydrogen-bond donors (Lipinski definition) is 0. The van der Waals surface area contributed by atoms with Gasteiger partial charge in [-0.25, -0.2) is 4.79 Å². The third-order valence-corrected chi connectivity index (χ3v) is 2.58. The molecule has 0 atom stereocenters. The number of para-hydroxylation sites is 1. The third-order valence-electron chi connectivity index (χ3n) is 2.58. The summed E-state index contributed by atoms with van der Waals surface area (Å²) in [5, 5.41) is 0.908. The van der Waals surface area contributed by atoms with E-state index in [9.17, 15) is 4.79 Å². The highest BCUT2D eigenvalue weighted by atomic mass is 16.4. The van der Waals surface area contributed by atoms with E-state index in [1.54, 1.807) is 12.3 Å². The molecule has 4 nitrogen and oxygen atoms in total. The van der Waals surface area contributed by atoms with Crippen LogP contribution < -0.4 is 5.63 Å². The van der Waals surface area contributed by atoms with E-state index in [2.05, 4.69) is 9.89 Å². The minimum atomic E-state index is -0.336. The smallest absolute Gasteiger partial charge is 0.336 e. The fourth-order valence-corrected chi connectivity index (χ4v) is 1.64. The van der Waals surface area contributed by atoms with Crippen LogP contribution in [0, 0.1) is 0 Å². The summed E-state index contributed by atoms with van der Waals surface area (Å²) >= 11 is 0. The van der Waals surface area contributed by atoms with Crippen molar-refractivity contribution < 1.29 is 4.42 Å². The maximum atomic E-state index is 11.2. The first-order valence-corrected chi connectivity index (χ1v) is 5.84. The van der Waals surface area contributed by atoms with Crippen LogP contribution in [0.1, 0.15) is 5.56 Å². The Bertz CT molecular complexity index is 614. The van der Waals surface area contributed by atoms with Crippen LogP contribution in [0.2, 0.25) is 0 Å². The molecule has 1 heterocycles. The summed E-state index contributed by atoms with van der Waals surface area (Å²) in [6.07, 6.45) is 1.76. The molecular weight excluding hydrogens is 228 g/mol. The van der Waals surface area contributed by atoms with Crippen LogP contribution in [-0.2, 0) is 0 Å². The maximum Gasteiger partial charge on any atom is 0.336 e. The highest BCUT2D eigenvalue weighted by Gasteiger charge is 2.01. The summed E-state index contributed by atoms with van der Waals surface area (Å²) in [5.41, 5.74) is 1.10. The molecule has 0 N–H and O–H groups in total. The zero-order valence-corrected chi connectivity index (χ0v) is 10.6. The van der Waals surface area contributed by atoms with Gasteiger partial charge in [-0.3, -0.25) is 4.99 Å². The van der Waals surface area contributed by atoms with Gasteiger partial charge in [0.1, 0.15) is 5.58 Å². The van der Waals surface area contributed by atoms with Crippen molar-refractivity contribution in [2.24, 2.45) is 4.99 Å². The Kier molecular flexibility index (Phi) is 3.89. The van der Waals surface area contributed by atoms with E-state index >= 15 is 0 Å². The summed E-state index contributed by atoms with van der Waals surface area (Å²) in [6, 6.07) is 8.92. The van der Waals surface area contributed by atoms with Gasteiger partial charge < -0.3 is 9.32 Å². The Morgan fingerprint density at radius 1 is 1.28 bits per heavy atom. The van der Waals surface area contributed by atoms with E-state index in [4.69, 9.17) is 4.42 Å². The predicted molar refractivity (Wildman–Crippen MR) is 73.5 cm³/mol. The van der Waals surface area contributed by atoms with Crippen molar-refractivity contribution in [3.05, 3.63) is 46.3 Å². The molecule has 0 spiro atoms. The van der Waals surface area contributed by atoms with Gasteiger partial charge in [0, 0.05) is 29.8 Å². The molecule has 0 saturated carbocycles. The van der Waals surface area contributed by atoms with Crippen molar-refractivity contribution in [3.63, 3.8) is 0 Å². The second-order valence-electron chi connectivity index (χ2n) is 4.36. The normalized spacial score (nSPS) is 11.7. The van der Waals surface area contributed by atoms with Crippen molar-refractivity contribution in [3.8, 4) is 0 Å². The molecule has 2 aromatic rings. The van der Waals surface area contributed by atoms with Gasteiger partial charge in [-0.2, -0.15) is 0 Å². The van der Waals surface area contributed by atoms with Crippen molar-refractivity contribution in [2.75, 3.05) is 27.2 Å². The SMILES string of the molecule is CN(C)CC/N=C/c1cccc2ccc(=O)oc12. The molecule has 0 aliphatic rings. The van der Waals surface area contributed by atoms with Crippen LogP contribution in [0.15, 0.2) is 44.5 Å². The van der Waals surface area contributed by atoms with E-state index in [-0.39, 0.29) is 5.63 Å². The maximum absolute atomic E-state index is 11.2. The number of rotatable bonds is 4.